The Hall–Kier alpha value is -1.79. The number of nitrogens with zero attached hydrogens (tertiary/aromatic N) is 2. The number of thiophene rings is 2. The summed E-state index contributed by atoms with van der Waals surface area (Å²) in [6.45, 7) is 1.80. The summed E-state index contributed by atoms with van der Waals surface area (Å²) in [5.41, 5.74) is 6.89. The number of amides is 2. The van der Waals surface area contributed by atoms with Crippen molar-refractivity contribution in [2.75, 3.05) is 25.5 Å². The molecule has 30 heavy (non-hydrogen) atoms. The maximum Gasteiger partial charge on any atom is 0.253 e. The summed E-state index contributed by atoms with van der Waals surface area (Å²) in [5, 5.41) is 4.97. The SMILES string of the molecule is CN1CCc2c(sc(NC(=O)C3CCCCN3S(=O)(=O)c3cccs3)c2C(N)=O)C1. The van der Waals surface area contributed by atoms with E-state index in [1.54, 1.807) is 17.5 Å². The number of anilines is 1. The maximum atomic E-state index is 13.2. The van der Waals surface area contributed by atoms with Crippen molar-refractivity contribution in [2.24, 2.45) is 5.73 Å². The number of sulfonamides is 1. The zero-order chi connectivity index (χ0) is 21.5. The van der Waals surface area contributed by atoms with Gasteiger partial charge in [0.25, 0.3) is 15.9 Å². The molecule has 8 nitrogen and oxygen atoms in total. The van der Waals surface area contributed by atoms with Gasteiger partial charge in [-0.1, -0.05) is 12.5 Å². The average Bonchev–Trinajstić information content (AvgIpc) is 3.35. The highest BCUT2D eigenvalue weighted by Gasteiger charge is 2.39. The number of nitrogens with two attached hydrogens (primary N) is 1. The van der Waals surface area contributed by atoms with Gasteiger partial charge in [-0.15, -0.1) is 22.7 Å². The van der Waals surface area contributed by atoms with Gasteiger partial charge in [-0.25, -0.2) is 8.42 Å². The number of carbonyl (C=O) groups is 2. The minimum Gasteiger partial charge on any atom is -0.365 e. The molecule has 0 saturated carbocycles. The van der Waals surface area contributed by atoms with E-state index < -0.39 is 27.9 Å². The second-order valence-corrected chi connectivity index (χ2v) is 11.8. The third-order valence-corrected chi connectivity index (χ3v) is 9.96. The number of hydrogen-bond donors (Lipinski definition) is 2. The summed E-state index contributed by atoms with van der Waals surface area (Å²) < 4.78 is 27.7. The van der Waals surface area contributed by atoms with Gasteiger partial charge in [-0.2, -0.15) is 4.31 Å². The van der Waals surface area contributed by atoms with Crippen molar-refractivity contribution in [3.05, 3.63) is 33.5 Å². The first-order valence-corrected chi connectivity index (χ1v) is 12.9. The van der Waals surface area contributed by atoms with Crippen molar-refractivity contribution >= 4 is 49.5 Å². The summed E-state index contributed by atoms with van der Waals surface area (Å²) >= 11 is 2.49. The lowest BCUT2D eigenvalue weighted by molar-refractivity contribution is -0.120. The molecule has 4 rings (SSSR count). The summed E-state index contributed by atoms with van der Waals surface area (Å²) in [4.78, 5) is 28.5. The lowest BCUT2D eigenvalue weighted by Gasteiger charge is -2.33. The molecule has 0 bridgehead atoms. The molecule has 11 heteroatoms. The highest BCUT2D eigenvalue weighted by Crippen LogP contribution is 2.37. The van der Waals surface area contributed by atoms with E-state index in [9.17, 15) is 18.0 Å². The van der Waals surface area contributed by atoms with Gasteiger partial charge in [0.2, 0.25) is 5.91 Å². The molecule has 0 aliphatic carbocycles. The molecular formula is C19H24N4O4S3. The minimum atomic E-state index is -3.75. The van der Waals surface area contributed by atoms with Crippen LogP contribution in [-0.2, 0) is 27.8 Å². The number of nitrogens with one attached hydrogen (secondary N) is 1. The maximum absolute atomic E-state index is 13.2. The number of primary amides is 1. The molecule has 3 N–H and O–H groups in total. The first kappa shape index (κ1) is 21.4. The van der Waals surface area contributed by atoms with Crippen LogP contribution >= 0.6 is 22.7 Å². The van der Waals surface area contributed by atoms with Crippen LogP contribution in [0.1, 0.15) is 40.1 Å². The first-order valence-electron chi connectivity index (χ1n) is 9.78. The summed E-state index contributed by atoms with van der Waals surface area (Å²) in [5.74, 6) is -0.983. The Kier molecular flexibility index (Phi) is 5.99. The lowest BCUT2D eigenvalue weighted by Crippen LogP contribution is -2.49. The quantitative estimate of drug-likeness (QED) is 0.698. The Bertz CT molecular complexity index is 1060. The van der Waals surface area contributed by atoms with Crippen LogP contribution in [0.5, 0.6) is 0 Å². The van der Waals surface area contributed by atoms with Gasteiger partial charge < -0.3 is 16.0 Å². The Morgan fingerprint density at radius 3 is 2.77 bits per heavy atom. The van der Waals surface area contributed by atoms with Crippen molar-refractivity contribution < 1.29 is 18.0 Å². The fraction of sp³-hybridized carbons (Fsp3) is 0.474. The molecule has 0 aromatic carbocycles. The van der Waals surface area contributed by atoms with Crippen LogP contribution in [0.2, 0.25) is 0 Å². The molecule has 162 valence electrons. The number of piperidine rings is 1. The van der Waals surface area contributed by atoms with Crippen molar-refractivity contribution in [3.8, 4) is 0 Å². The summed E-state index contributed by atoms with van der Waals surface area (Å²) in [6, 6.07) is 2.43. The Morgan fingerprint density at radius 1 is 1.27 bits per heavy atom. The predicted molar refractivity (Wildman–Crippen MR) is 117 cm³/mol. The molecule has 2 amide bonds. The highest BCUT2D eigenvalue weighted by molar-refractivity contribution is 7.91. The van der Waals surface area contributed by atoms with Gasteiger partial charge in [-0.3, -0.25) is 9.59 Å². The van der Waals surface area contributed by atoms with E-state index in [0.717, 1.165) is 34.7 Å². The monoisotopic (exact) mass is 468 g/mol. The number of rotatable bonds is 5. The van der Waals surface area contributed by atoms with Gasteiger partial charge in [0.1, 0.15) is 15.3 Å². The van der Waals surface area contributed by atoms with Crippen LogP contribution < -0.4 is 11.1 Å². The van der Waals surface area contributed by atoms with E-state index in [1.165, 1.54) is 15.6 Å². The second-order valence-electron chi connectivity index (χ2n) is 7.61. The van der Waals surface area contributed by atoms with Gasteiger partial charge in [0.15, 0.2) is 0 Å². The molecule has 2 aromatic heterocycles. The average molecular weight is 469 g/mol. The minimum absolute atomic E-state index is 0.231. The number of likely N-dealkylation sites (N-methyl/N-ethyl adjacent to an activating group) is 1. The summed E-state index contributed by atoms with van der Waals surface area (Å²) in [6.07, 6.45) is 2.61. The smallest absolute Gasteiger partial charge is 0.253 e. The first-order chi connectivity index (χ1) is 14.3. The molecule has 4 heterocycles. The fourth-order valence-corrected chi connectivity index (χ4v) is 8.17. The van der Waals surface area contributed by atoms with E-state index in [2.05, 4.69) is 10.2 Å². The van der Waals surface area contributed by atoms with E-state index in [-0.39, 0.29) is 4.21 Å². The Balaban J connectivity index is 1.62. The largest absolute Gasteiger partial charge is 0.365 e. The lowest BCUT2D eigenvalue weighted by atomic mass is 10.0. The van der Waals surface area contributed by atoms with Gasteiger partial charge >= 0.3 is 0 Å². The van der Waals surface area contributed by atoms with Crippen molar-refractivity contribution in [1.29, 1.82) is 0 Å². The van der Waals surface area contributed by atoms with E-state index in [1.807, 2.05) is 7.05 Å². The van der Waals surface area contributed by atoms with E-state index >= 15 is 0 Å². The van der Waals surface area contributed by atoms with Crippen LogP contribution in [0.25, 0.3) is 0 Å². The Morgan fingerprint density at radius 2 is 2.07 bits per heavy atom. The molecule has 2 aromatic rings. The van der Waals surface area contributed by atoms with Crippen LogP contribution in [0.15, 0.2) is 21.7 Å². The zero-order valence-corrected chi connectivity index (χ0v) is 19.0. The van der Waals surface area contributed by atoms with Crippen LogP contribution in [0.3, 0.4) is 0 Å². The van der Waals surface area contributed by atoms with Crippen LogP contribution in [-0.4, -0.2) is 55.6 Å². The van der Waals surface area contributed by atoms with E-state index in [0.29, 0.717) is 42.9 Å². The van der Waals surface area contributed by atoms with Gasteiger partial charge in [0.05, 0.1) is 5.56 Å². The molecule has 0 radical (unpaired) electrons. The molecule has 2 aliphatic rings. The number of fused-ring (bicyclic) bond motifs is 1. The standard InChI is InChI=1S/C19H24N4O4S3/c1-22-9-7-12-14(11-22)29-19(16(12)17(20)24)21-18(25)13-5-2-3-8-23(13)30(26,27)15-6-4-10-28-15/h4,6,10,13H,2-3,5,7-9,11H2,1H3,(H2,20,24)(H,21,25). The van der Waals surface area contributed by atoms with Crippen LogP contribution in [0.4, 0.5) is 5.00 Å². The van der Waals surface area contributed by atoms with Crippen molar-refractivity contribution in [3.63, 3.8) is 0 Å². The topological polar surface area (TPSA) is 113 Å². The van der Waals surface area contributed by atoms with Crippen LogP contribution in [0, 0.1) is 0 Å². The molecule has 1 fully saturated rings. The van der Waals surface area contributed by atoms with E-state index in [4.69, 9.17) is 5.73 Å². The molecule has 1 saturated heterocycles. The molecule has 2 aliphatic heterocycles. The van der Waals surface area contributed by atoms with Crippen molar-refractivity contribution in [2.45, 2.75) is 42.5 Å². The zero-order valence-electron chi connectivity index (χ0n) is 16.6. The van der Waals surface area contributed by atoms with Gasteiger partial charge in [-0.05, 0) is 43.3 Å². The number of carbonyl (C=O) groups excluding carboxylic acids is 2. The molecule has 1 atom stereocenters. The van der Waals surface area contributed by atoms with Crippen molar-refractivity contribution in [1.82, 2.24) is 9.21 Å². The molecular weight excluding hydrogens is 444 g/mol. The third-order valence-electron chi connectivity index (χ3n) is 5.55. The summed E-state index contributed by atoms with van der Waals surface area (Å²) in [7, 11) is -1.74. The number of hydrogen-bond acceptors (Lipinski definition) is 7. The molecule has 0 spiro atoms. The van der Waals surface area contributed by atoms with Gasteiger partial charge in [0, 0.05) is 24.5 Å². The fourth-order valence-electron chi connectivity index (χ4n) is 4.06. The highest BCUT2D eigenvalue weighted by atomic mass is 32.2. The predicted octanol–water partition coefficient (Wildman–Crippen LogP) is 2.08. The normalized spacial score (nSPS) is 20.6. The molecule has 1 unspecified atom stereocenters. The second kappa shape index (κ2) is 8.39. The Labute approximate surface area is 183 Å². The third kappa shape index (κ3) is 3.92.